The van der Waals surface area contributed by atoms with Crippen molar-refractivity contribution in [3.8, 4) is 11.5 Å². The van der Waals surface area contributed by atoms with Crippen LogP contribution < -0.4 is 0 Å². The summed E-state index contributed by atoms with van der Waals surface area (Å²) in [5.74, 6) is 0.823. The lowest BCUT2D eigenvalue weighted by Gasteiger charge is -2.04. The Hall–Kier alpha value is -1.82. The molecule has 110 valence electrons. The Bertz CT molecular complexity index is 635. The molecular weight excluding hydrogens is 288 g/mol. The van der Waals surface area contributed by atoms with Crippen molar-refractivity contribution >= 4 is 17.7 Å². The molecule has 0 spiro atoms. The lowest BCUT2D eigenvalue weighted by molar-refractivity contribution is 0.0697. The predicted molar refractivity (Wildman–Crippen MR) is 80.2 cm³/mol. The zero-order chi connectivity index (χ0) is 14.7. The lowest BCUT2D eigenvalue weighted by Crippen LogP contribution is -1.96. The third kappa shape index (κ3) is 3.44. The Kier molecular flexibility index (Phi) is 4.24. The fourth-order valence-corrected chi connectivity index (χ4v) is 3.63. The fraction of sp³-hybridized carbons (Fsp3) is 0.400. The summed E-state index contributed by atoms with van der Waals surface area (Å²) in [6.07, 6.45) is 5.18. The molecule has 0 aliphatic heterocycles. The van der Waals surface area contributed by atoms with Crippen LogP contribution in [0.5, 0.6) is 0 Å². The molecule has 0 bridgehead atoms. The molecule has 1 aromatic heterocycles. The number of thioether (sulfide) groups is 1. The van der Waals surface area contributed by atoms with E-state index in [1.165, 1.54) is 25.7 Å². The van der Waals surface area contributed by atoms with Crippen molar-refractivity contribution in [3.63, 3.8) is 0 Å². The molecule has 1 fully saturated rings. The number of hydrogen-bond donors (Lipinski definition) is 1. The molecule has 0 unspecified atom stereocenters. The molecule has 0 radical (unpaired) electrons. The van der Waals surface area contributed by atoms with Gasteiger partial charge in [0.2, 0.25) is 0 Å². The number of carboxylic acids is 1. The third-order valence-corrected chi connectivity index (χ3v) is 4.94. The van der Waals surface area contributed by atoms with Gasteiger partial charge in [0.15, 0.2) is 5.82 Å². The highest BCUT2D eigenvalue weighted by Gasteiger charge is 2.17. The molecule has 21 heavy (non-hydrogen) atoms. The summed E-state index contributed by atoms with van der Waals surface area (Å²) in [4.78, 5) is 15.3. The van der Waals surface area contributed by atoms with Crippen LogP contribution in [0.1, 0.15) is 41.9 Å². The van der Waals surface area contributed by atoms with Crippen molar-refractivity contribution in [1.29, 1.82) is 0 Å². The molecule has 0 atom stereocenters. The molecular formula is C15H16N2O3S. The molecule has 0 saturated heterocycles. The van der Waals surface area contributed by atoms with Crippen molar-refractivity contribution in [2.24, 2.45) is 0 Å². The molecule has 1 aliphatic carbocycles. The zero-order valence-corrected chi connectivity index (χ0v) is 12.3. The molecule has 6 heteroatoms. The number of aromatic nitrogens is 2. The van der Waals surface area contributed by atoms with Crippen LogP contribution in [0.3, 0.4) is 0 Å². The monoisotopic (exact) mass is 304 g/mol. The fourth-order valence-electron chi connectivity index (χ4n) is 2.46. The first-order valence-electron chi connectivity index (χ1n) is 7.00. The summed E-state index contributed by atoms with van der Waals surface area (Å²) >= 11 is 1.87. The summed E-state index contributed by atoms with van der Waals surface area (Å²) in [5, 5.41) is 13.7. The maximum atomic E-state index is 11.0. The van der Waals surface area contributed by atoms with Gasteiger partial charge in [-0.25, -0.2) is 4.79 Å². The van der Waals surface area contributed by atoms with Crippen LogP contribution in [-0.2, 0) is 5.75 Å². The van der Waals surface area contributed by atoms with E-state index in [0.29, 0.717) is 22.5 Å². The van der Waals surface area contributed by atoms with Gasteiger partial charge >= 0.3 is 5.97 Å². The van der Waals surface area contributed by atoms with Crippen LogP contribution >= 0.6 is 11.8 Å². The first-order chi connectivity index (χ1) is 10.2. The number of nitrogens with zero attached hydrogens (tertiary/aromatic N) is 2. The molecule has 3 rings (SSSR count). The minimum Gasteiger partial charge on any atom is -0.478 e. The number of aromatic carboxylic acids is 1. The largest absolute Gasteiger partial charge is 0.478 e. The molecule has 1 saturated carbocycles. The van der Waals surface area contributed by atoms with Gasteiger partial charge in [-0.15, -0.1) is 0 Å². The Morgan fingerprint density at radius 3 is 2.95 bits per heavy atom. The van der Waals surface area contributed by atoms with Gasteiger partial charge in [-0.2, -0.15) is 16.7 Å². The minimum absolute atomic E-state index is 0.215. The zero-order valence-electron chi connectivity index (χ0n) is 11.5. The number of benzene rings is 1. The van der Waals surface area contributed by atoms with Crippen LogP contribution in [-0.4, -0.2) is 26.5 Å². The van der Waals surface area contributed by atoms with Gasteiger partial charge in [0.25, 0.3) is 5.89 Å². The van der Waals surface area contributed by atoms with E-state index in [-0.39, 0.29) is 5.56 Å². The molecule has 2 aromatic rings. The Balaban J connectivity index is 1.69. The van der Waals surface area contributed by atoms with Gasteiger partial charge in [0, 0.05) is 10.8 Å². The van der Waals surface area contributed by atoms with E-state index in [1.807, 2.05) is 11.8 Å². The summed E-state index contributed by atoms with van der Waals surface area (Å²) in [7, 11) is 0. The van der Waals surface area contributed by atoms with Crippen LogP contribution in [0, 0.1) is 0 Å². The molecule has 1 aromatic carbocycles. The average Bonchev–Trinajstić information content (AvgIpc) is 3.17. The van der Waals surface area contributed by atoms with Crippen LogP contribution in [0.25, 0.3) is 11.5 Å². The highest BCUT2D eigenvalue weighted by Crippen LogP contribution is 2.31. The van der Waals surface area contributed by atoms with Gasteiger partial charge in [-0.3, -0.25) is 0 Å². The van der Waals surface area contributed by atoms with E-state index in [2.05, 4.69) is 10.1 Å². The van der Waals surface area contributed by atoms with Crippen molar-refractivity contribution in [2.75, 3.05) is 0 Å². The lowest BCUT2D eigenvalue weighted by atomic mass is 10.1. The van der Waals surface area contributed by atoms with Crippen molar-refractivity contribution in [3.05, 3.63) is 35.7 Å². The molecule has 0 amide bonds. The standard InChI is InChI=1S/C15H16N2O3S/c18-15(19)11-5-3-4-10(8-11)14-16-13(17-20-14)9-21-12-6-1-2-7-12/h3-5,8,12H,1-2,6-7,9H2,(H,18,19). The topological polar surface area (TPSA) is 76.2 Å². The van der Waals surface area contributed by atoms with E-state index < -0.39 is 5.97 Å². The maximum absolute atomic E-state index is 11.0. The summed E-state index contributed by atoms with van der Waals surface area (Å²) in [6.45, 7) is 0. The van der Waals surface area contributed by atoms with E-state index in [4.69, 9.17) is 9.63 Å². The average molecular weight is 304 g/mol. The van der Waals surface area contributed by atoms with Crippen LogP contribution in [0.15, 0.2) is 28.8 Å². The Morgan fingerprint density at radius 2 is 2.19 bits per heavy atom. The second kappa shape index (κ2) is 6.30. The smallest absolute Gasteiger partial charge is 0.335 e. The first-order valence-corrected chi connectivity index (χ1v) is 8.05. The summed E-state index contributed by atoms with van der Waals surface area (Å²) < 4.78 is 5.23. The van der Waals surface area contributed by atoms with Crippen molar-refractivity contribution in [1.82, 2.24) is 10.1 Å². The Labute approximate surface area is 126 Å². The van der Waals surface area contributed by atoms with Crippen LogP contribution in [0.2, 0.25) is 0 Å². The van der Waals surface area contributed by atoms with Gasteiger partial charge in [0.05, 0.1) is 11.3 Å². The number of carbonyl (C=O) groups is 1. The normalized spacial score (nSPS) is 15.4. The van der Waals surface area contributed by atoms with E-state index >= 15 is 0 Å². The van der Waals surface area contributed by atoms with Gasteiger partial charge in [-0.05, 0) is 31.0 Å². The number of hydrogen-bond acceptors (Lipinski definition) is 5. The minimum atomic E-state index is -0.964. The van der Waals surface area contributed by atoms with E-state index in [0.717, 1.165) is 5.75 Å². The summed E-state index contributed by atoms with van der Waals surface area (Å²) in [5.41, 5.74) is 0.854. The second-order valence-electron chi connectivity index (χ2n) is 5.12. The van der Waals surface area contributed by atoms with Gasteiger partial charge in [-0.1, -0.05) is 24.1 Å². The van der Waals surface area contributed by atoms with E-state index in [9.17, 15) is 4.79 Å². The number of carboxylic acid groups (broad SMARTS) is 1. The van der Waals surface area contributed by atoms with Crippen molar-refractivity contribution in [2.45, 2.75) is 36.7 Å². The quantitative estimate of drug-likeness (QED) is 0.909. The second-order valence-corrected chi connectivity index (χ2v) is 6.41. The Morgan fingerprint density at radius 1 is 1.38 bits per heavy atom. The molecule has 1 N–H and O–H groups in total. The van der Waals surface area contributed by atoms with Gasteiger partial charge in [0.1, 0.15) is 0 Å². The summed E-state index contributed by atoms with van der Waals surface area (Å²) in [6, 6.07) is 6.53. The SMILES string of the molecule is O=C(O)c1cccc(-c2nc(CSC3CCCC3)no2)c1. The molecule has 1 heterocycles. The molecule has 1 aliphatic rings. The highest BCUT2D eigenvalue weighted by molar-refractivity contribution is 7.99. The third-order valence-electron chi connectivity index (χ3n) is 3.57. The molecule has 5 nitrogen and oxygen atoms in total. The predicted octanol–water partition coefficient (Wildman–Crippen LogP) is 3.61. The number of rotatable bonds is 5. The highest BCUT2D eigenvalue weighted by atomic mass is 32.2. The van der Waals surface area contributed by atoms with Gasteiger partial charge < -0.3 is 9.63 Å². The maximum Gasteiger partial charge on any atom is 0.335 e. The first kappa shape index (κ1) is 14.1. The van der Waals surface area contributed by atoms with Crippen LogP contribution in [0.4, 0.5) is 0 Å². The van der Waals surface area contributed by atoms with E-state index in [1.54, 1.807) is 24.3 Å². The van der Waals surface area contributed by atoms with Crippen molar-refractivity contribution < 1.29 is 14.4 Å².